The number of aromatic nitrogens is 2. The molecule has 1 fully saturated rings. The largest absolute Gasteiger partial charge is 0.484 e. The Morgan fingerprint density at radius 2 is 1.96 bits per heavy atom. The number of hydrogen-bond donors (Lipinski definition) is 1. The van der Waals surface area contributed by atoms with Crippen molar-refractivity contribution in [1.29, 1.82) is 0 Å². The molecule has 0 unspecified atom stereocenters. The molecule has 2 aromatic rings. The number of carbonyl (C=O) groups excluding carboxylic acids is 1. The van der Waals surface area contributed by atoms with E-state index in [2.05, 4.69) is 10.1 Å². The van der Waals surface area contributed by atoms with E-state index in [1.807, 2.05) is 6.92 Å². The van der Waals surface area contributed by atoms with E-state index in [9.17, 15) is 4.79 Å². The Hall–Kier alpha value is -1.92. The lowest BCUT2D eigenvalue weighted by Crippen LogP contribution is -2.34. The van der Waals surface area contributed by atoms with Crippen molar-refractivity contribution in [3.8, 4) is 5.75 Å². The van der Waals surface area contributed by atoms with E-state index in [0.717, 1.165) is 25.7 Å². The van der Waals surface area contributed by atoms with Gasteiger partial charge in [-0.1, -0.05) is 24.9 Å². The van der Waals surface area contributed by atoms with Crippen molar-refractivity contribution in [3.63, 3.8) is 0 Å². The molecule has 0 amide bonds. The minimum atomic E-state index is -0.454. The quantitative estimate of drug-likeness (QED) is 0.802. The molecule has 1 aliphatic rings. The molecule has 0 aliphatic heterocycles. The fourth-order valence-corrected chi connectivity index (χ4v) is 2.83. The van der Waals surface area contributed by atoms with E-state index in [-0.39, 0.29) is 24.8 Å². The number of halogens is 1. The van der Waals surface area contributed by atoms with Crippen LogP contribution in [0.1, 0.15) is 61.1 Å². The lowest BCUT2D eigenvalue weighted by Gasteiger charge is -2.17. The zero-order valence-electron chi connectivity index (χ0n) is 13.7. The van der Waals surface area contributed by atoms with E-state index < -0.39 is 5.54 Å². The first-order valence-electron chi connectivity index (χ1n) is 7.99. The molecule has 1 aromatic heterocycles. The Labute approximate surface area is 147 Å². The van der Waals surface area contributed by atoms with Crippen LogP contribution in [0.25, 0.3) is 0 Å². The summed E-state index contributed by atoms with van der Waals surface area (Å²) in [4.78, 5) is 15.9. The molecule has 0 atom stereocenters. The van der Waals surface area contributed by atoms with Crippen molar-refractivity contribution in [2.75, 3.05) is 0 Å². The monoisotopic (exact) mass is 351 g/mol. The van der Waals surface area contributed by atoms with Gasteiger partial charge in [-0.15, -0.1) is 12.4 Å². The highest BCUT2D eigenvalue weighted by molar-refractivity contribution is 5.95. The normalized spacial score (nSPS) is 15.8. The molecule has 1 saturated carbocycles. The van der Waals surface area contributed by atoms with Crippen LogP contribution in [0.5, 0.6) is 5.75 Å². The highest BCUT2D eigenvalue weighted by Crippen LogP contribution is 2.34. The summed E-state index contributed by atoms with van der Waals surface area (Å²) >= 11 is 0. The molecule has 1 aliphatic carbocycles. The maximum Gasteiger partial charge on any atom is 0.264 e. The Morgan fingerprint density at radius 3 is 2.58 bits per heavy atom. The topological polar surface area (TPSA) is 91.2 Å². The summed E-state index contributed by atoms with van der Waals surface area (Å²) in [6.07, 6.45) is 4.46. The van der Waals surface area contributed by atoms with Gasteiger partial charge in [0.15, 0.2) is 18.2 Å². The van der Waals surface area contributed by atoms with Crippen molar-refractivity contribution in [1.82, 2.24) is 10.1 Å². The van der Waals surface area contributed by atoms with Gasteiger partial charge in [0.1, 0.15) is 5.75 Å². The maximum absolute atomic E-state index is 11.6. The number of benzene rings is 1. The molecule has 24 heavy (non-hydrogen) atoms. The second kappa shape index (κ2) is 7.77. The third kappa shape index (κ3) is 3.94. The van der Waals surface area contributed by atoms with Crippen LogP contribution >= 0.6 is 12.4 Å². The third-order valence-corrected chi connectivity index (χ3v) is 4.27. The van der Waals surface area contributed by atoms with Crippen molar-refractivity contribution < 1.29 is 14.1 Å². The number of nitrogens with zero attached hydrogens (tertiary/aromatic N) is 2. The van der Waals surface area contributed by atoms with Crippen molar-refractivity contribution in [3.05, 3.63) is 41.5 Å². The zero-order chi connectivity index (χ0) is 16.3. The first-order chi connectivity index (χ1) is 11.1. The number of nitrogens with two attached hydrogens (primary N) is 1. The van der Waals surface area contributed by atoms with E-state index in [0.29, 0.717) is 29.4 Å². The highest BCUT2D eigenvalue weighted by atomic mass is 35.5. The minimum Gasteiger partial charge on any atom is -0.484 e. The summed E-state index contributed by atoms with van der Waals surface area (Å²) in [5.74, 6) is 1.74. The third-order valence-electron chi connectivity index (χ3n) is 4.27. The predicted molar refractivity (Wildman–Crippen MR) is 91.3 cm³/mol. The first kappa shape index (κ1) is 18.4. The van der Waals surface area contributed by atoms with Crippen LogP contribution in [0.4, 0.5) is 0 Å². The number of carbonyl (C=O) groups is 1. The molecule has 2 N–H and O–H groups in total. The smallest absolute Gasteiger partial charge is 0.264 e. The Morgan fingerprint density at radius 1 is 1.29 bits per heavy atom. The van der Waals surface area contributed by atoms with Crippen LogP contribution in [-0.2, 0) is 12.1 Å². The van der Waals surface area contributed by atoms with Gasteiger partial charge in [0.25, 0.3) is 5.89 Å². The molecule has 7 heteroatoms. The molecule has 0 saturated heterocycles. The number of hydrogen-bond acceptors (Lipinski definition) is 6. The lowest BCUT2D eigenvalue weighted by atomic mass is 9.99. The summed E-state index contributed by atoms with van der Waals surface area (Å²) in [5.41, 5.74) is 6.53. The fourth-order valence-electron chi connectivity index (χ4n) is 2.83. The molecule has 0 radical (unpaired) electrons. The van der Waals surface area contributed by atoms with E-state index >= 15 is 0 Å². The molecule has 6 nitrogen and oxygen atoms in total. The lowest BCUT2D eigenvalue weighted by molar-refractivity contribution is 0.0988. The first-order valence-corrected chi connectivity index (χ1v) is 7.99. The fraction of sp³-hybridized carbons (Fsp3) is 0.471. The Kier molecular flexibility index (Phi) is 5.96. The number of Topliss-reactive ketones (excluding diaryl/α,β-unsaturated/α-hetero) is 1. The van der Waals surface area contributed by atoms with Gasteiger partial charge in [-0.3, -0.25) is 4.79 Å². The van der Waals surface area contributed by atoms with Crippen molar-refractivity contribution >= 4 is 18.2 Å². The van der Waals surface area contributed by atoms with Gasteiger partial charge in [0.05, 0.1) is 5.54 Å². The number of ether oxygens (including phenoxy) is 1. The van der Waals surface area contributed by atoms with Crippen LogP contribution in [-0.4, -0.2) is 15.9 Å². The van der Waals surface area contributed by atoms with Crippen LogP contribution in [0.3, 0.4) is 0 Å². The highest BCUT2D eigenvalue weighted by Gasteiger charge is 2.35. The Balaban J connectivity index is 0.00000208. The number of rotatable bonds is 6. The maximum atomic E-state index is 11.6. The predicted octanol–water partition coefficient (Wildman–Crippen LogP) is 3.39. The van der Waals surface area contributed by atoms with E-state index in [1.165, 1.54) is 0 Å². The van der Waals surface area contributed by atoms with Crippen molar-refractivity contribution in [2.45, 2.75) is 51.2 Å². The molecule has 1 heterocycles. The van der Waals surface area contributed by atoms with Gasteiger partial charge >= 0.3 is 0 Å². The molecular weight excluding hydrogens is 330 g/mol. The summed E-state index contributed by atoms with van der Waals surface area (Å²) < 4.78 is 10.8. The minimum absolute atomic E-state index is 0. The van der Waals surface area contributed by atoms with Crippen LogP contribution in [0, 0.1) is 0 Å². The van der Waals surface area contributed by atoms with Gasteiger partial charge in [-0.25, -0.2) is 0 Å². The second-order valence-corrected chi connectivity index (χ2v) is 5.96. The zero-order valence-corrected chi connectivity index (χ0v) is 14.5. The molecular formula is C17H22ClN3O3. The van der Waals surface area contributed by atoms with E-state index in [4.69, 9.17) is 15.0 Å². The average molecular weight is 352 g/mol. The summed E-state index contributed by atoms with van der Waals surface area (Å²) in [6.45, 7) is 2.03. The SMILES string of the molecule is CCC(=O)c1ccc(OCc2nc(C3(N)CCCC3)no2)cc1.Cl. The average Bonchev–Trinajstić information content (AvgIpc) is 3.22. The van der Waals surface area contributed by atoms with Crippen LogP contribution in [0.15, 0.2) is 28.8 Å². The molecule has 1 aromatic carbocycles. The Bertz CT molecular complexity index is 679. The van der Waals surface area contributed by atoms with Gasteiger partial charge in [0.2, 0.25) is 0 Å². The van der Waals surface area contributed by atoms with Crippen LogP contribution < -0.4 is 10.5 Å². The molecule has 0 spiro atoms. The van der Waals surface area contributed by atoms with E-state index in [1.54, 1.807) is 24.3 Å². The second-order valence-electron chi connectivity index (χ2n) is 5.96. The van der Waals surface area contributed by atoms with Gasteiger partial charge in [0, 0.05) is 12.0 Å². The summed E-state index contributed by atoms with van der Waals surface area (Å²) in [6, 6.07) is 7.05. The number of ketones is 1. The molecule has 0 bridgehead atoms. The standard InChI is InChI=1S/C17H21N3O3.ClH/c1-2-14(21)12-5-7-13(8-6-12)22-11-15-19-16(20-23-15)17(18)9-3-4-10-17;/h5-8H,2-4,9-11,18H2,1H3;1H. The molecule has 3 rings (SSSR count). The van der Waals surface area contributed by atoms with Gasteiger partial charge in [-0.2, -0.15) is 4.98 Å². The molecule has 130 valence electrons. The van der Waals surface area contributed by atoms with Gasteiger partial charge in [-0.05, 0) is 37.1 Å². The summed E-state index contributed by atoms with van der Waals surface area (Å²) in [7, 11) is 0. The van der Waals surface area contributed by atoms with Crippen LogP contribution in [0.2, 0.25) is 0 Å². The van der Waals surface area contributed by atoms with Crippen molar-refractivity contribution in [2.24, 2.45) is 5.73 Å². The van der Waals surface area contributed by atoms with Gasteiger partial charge < -0.3 is 15.0 Å². The summed E-state index contributed by atoms with van der Waals surface area (Å²) in [5, 5.41) is 3.99.